The molecule has 0 fully saturated rings. The van der Waals surface area contributed by atoms with Crippen LogP contribution in [-0.4, -0.2) is 39.0 Å². The fraction of sp³-hybridized carbons (Fsp3) is 0.167. The monoisotopic (exact) mass is 240 g/mol. The number of pyridine rings is 1. The van der Waals surface area contributed by atoms with Crippen molar-refractivity contribution in [2.24, 2.45) is 0 Å². The second-order valence-electron chi connectivity index (χ2n) is 4.12. The van der Waals surface area contributed by atoms with Gasteiger partial charge in [0.05, 0.1) is 0 Å². The summed E-state index contributed by atoms with van der Waals surface area (Å²) in [4.78, 5) is 22.1. The highest BCUT2D eigenvalue weighted by molar-refractivity contribution is 5.85. The van der Waals surface area contributed by atoms with Gasteiger partial charge in [-0.1, -0.05) is 0 Å². The van der Waals surface area contributed by atoms with Crippen LogP contribution in [-0.2, 0) is 0 Å². The summed E-state index contributed by atoms with van der Waals surface area (Å²) < 4.78 is 0. The maximum atomic E-state index is 4.54. The molecule has 0 aromatic carbocycles. The Bertz CT molecular complexity index is 673. The van der Waals surface area contributed by atoms with E-state index in [2.05, 4.69) is 24.9 Å². The van der Waals surface area contributed by atoms with E-state index in [-0.39, 0.29) is 0 Å². The molecule has 3 aromatic heterocycles. The van der Waals surface area contributed by atoms with E-state index in [1.807, 2.05) is 31.1 Å². The van der Waals surface area contributed by atoms with E-state index in [1.54, 1.807) is 12.4 Å². The predicted molar refractivity (Wildman–Crippen MR) is 69.2 cm³/mol. The molecule has 0 amide bonds. The van der Waals surface area contributed by atoms with E-state index in [4.69, 9.17) is 0 Å². The molecule has 3 heterocycles. The lowest BCUT2D eigenvalue weighted by atomic mass is 10.3. The Morgan fingerprint density at radius 3 is 2.83 bits per heavy atom. The molecule has 90 valence electrons. The minimum absolute atomic E-state index is 0.729. The molecule has 3 rings (SSSR count). The number of nitrogens with one attached hydrogen (secondary N) is 1. The quantitative estimate of drug-likeness (QED) is 0.734. The van der Waals surface area contributed by atoms with Crippen molar-refractivity contribution in [3.05, 3.63) is 30.9 Å². The molecule has 18 heavy (non-hydrogen) atoms. The lowest BCUT2D eigenvalue weighted by Gasteiger charge is -2.09. The van der Waals surface area contributed by atoms with Gasteiger partial charge in [0.2, 0.25) is 0 Å². The van der Waals surface area contributed by atoms with E-state index in [0.29, 0.717) is 0 Å². The molecule has 0 aliphatic heterocycles. The molecule has 0 spiro atoms. The van der Waals surface area contributed by atoms with Gasteiger partial charge in [-0.05, 0) is 12.1 Å². The third kappa shape index (κ3) is 1.67. The van der Waals surface area contributed by atoms with Gasteiger partial charge in [0, 0.05) is 32.1 Å². The fourth-order valence-corrected chi connectivity index (χ4v) is 1.78. The molecule has 0 bridgehead atoms. The first-order valence-electron chi connectivity index (χ1n) is 5.54. The van der Waals surface area contributed by atoms with Crippen molar-refractivity contribution in [2.75, 3.05) is 19.0 Å². The first-order chi connectivity index (χ1) is 8.75. The smallest absolute Gasteiger partial charge is 0.163 e. The van der Waals surface area contributed by atoms with E-state index < -0.39 is 0 Å². The van der Waals surface area contributed by atoms with Gasteiger partial charge in [-0.25, -0.2) is 15.0 Å². The Morgan fingerprint density at radius 2 is 2.11 bits per heavy atom. The molecule has 0 atom stereocenters. The van der Waals surface area contributed by atoms with Crippen LogP contribution in [0, 0.1) is 0 Å². The predicted octanol–water partition coefficient (Wildman–Crippen LogP) is 1.48. The van der Waals surface area contributed by atoms with E-state index in [1.165, 1.54) is 6.33 Å². The highest BCUT2D eigenvalue weighted by Crippen LogP contribution is 2.23. The Labute approximate surface area is 104 Å². The second kappa shape index (κ2) is 4.06. The van der Waals surface area contributed by atoms with Crippen molar-refractivity contribution in [3.63, 3.8) is 0 Å². The first kappa shape index (κ1) is 10.6. The largest absolute Gasteiger partial charge is 0.361 e. The third-order valence-electron chi connectivity index (χ3n) is 2.62. The average Bonchev–Trinajstić information content (AvgIpc) is 2.83. The van der Waals surface area contributed by atoms with Crippen LogP contribution < -0.4 is 4.90 Å². The van der Waals surface area contributed by atoms with Gasteiger partial charge in [-0.3, -0.25) is 4.98 Å². The number of hydrogen-bond acceptors (Lipinski definition) is 5. The van der Waals surface area contributed by atoms with E-state index in [0.717, 1.165) is 28.4 Å². The summed E-state index contributed by atoms with van der Waals surface area (Å²) >= 11 is 0. The highest BCUT2D eigenvalue weighted by Gasteiger charge is 2.12. The van der Waals surface area contributed by atoms with Gasteiger partial charge in [0.1, 0.15) is 12.2 Å². The molecule has 0 unspecified atom stereocenters. The molecule has 0 radical (unpaired) electrons. The standard InChI is InChI=1S/C12H12N6/c1-18(2)12-9-11(14-7-15-12)17-10(16-9)8-4-3-5-13-6-8/h3-7H,1-2H3,(H,14,15,16,17). The molecule has 1 N–H and O–H groups in total. The Kier molecular flexibility index (Phi) is 2.40. The minimum Gasteiger partial charge on any atom is -0.361 e. The summed E-state index contributed by atoms with van der Waals surface area (Å²) in [6, 6.07) is 3.83. The fourth-order valence-electron chi connectivity index (χ4n) is 1.78. The Hall–Kier alpha value is -2.50. The lowest BCUT2D eigenvalue weighted by molar-refractivity contribution is 1.06. The number of aromatic amines is 1. The van der Waals surface area contributed by atoms with E-state index in [9.17, 15) is 0 Å². The molecule has 0 aliphatic carbocycles. The van der Waals surface area contributed by atoms with Crippen molar-refractivity contribution in [3.8, 4) is 11.4 Å². The van der Waals surface area contributed by atoms with Crippen molar-refractivity contribution in [1.29, 1.82) is 0 Å². The summed E-state index contributed by atoms with van der Waals surface area (Å²) in [5.41, 5.74) is 2.43. The van der Waals surface area contributed by atoms with Gasteiger partial charge in [0.15, 0.2) is 17.0 Å². The number of fused-ring (bicyclic) bond motifs is 1. The van der Waals surface area contributed by atoms with Gasteiger partial charge >= 0.3 is 0 Å². The van der Waals surface area contributed by atoms with Crippen LogP contribution in [0.4, 0.5) is 5.82 Å². The number of nitrogens with zero attached hydrogens (tertiary/aromatic N) is 5. The third-order valence-corrected chi connectivity index (χ3v) is 2.62. The minimum atomic E-state index is 0.729. The van der Waals surface area contributed by atoms with Crippen LogP contribution in [0.3, 0.4) is 0 Å². The maximum Gasteiger partial charge on any atom is 0.163 e. The van der Waals surface area contributed by atoms with Crippen LogP contribution in [0.25, 0.3) is 22.6 Å². The molecule has 0 saturated heterocycles. The maximum absolute atomic E-state index is 4.54. The van der Waals surface area contributed by atoms with Gasteiger partial charge < -0.3 is 9.88 Å². The number of imidazole rings is 1. The molecule has 6 heteroatoms. The summed E-state index contributed by atoms with van der Waals surface area (Å²) in [7, 11) is 3.86. The highest BCUT2D eigenvalue weighted by atomic mass is 15.2. The average molecular weight is 240 g/mol. The van der Waals surface area contributed by atoms with Crippen LogP contribution in [0.15, 0.2) is 30.9 Å². The summed E-state index contributed by atoms with van der Waals surface area (Å²) in [6.45, 7) is 0. The van der Waals surface area contributed by atoms with Gasteiger partial charge in [-0.15, -0.1) is 0 Å². The molecule has 3 aromatic rings. The van der Waals surface area contributed by atoms with Crippen molar-refractivity contribution < 1.29 is 0 Å². The second-order valence-corrected chi connectivity index (χ2v) is 4.12. The van der Waals surface area contributed by atoms with Crippen molar-refractivity contribution in [1.82, 2.24) is 24.9 Å². The van der Waals surface area contributed by atoms with Crippen LogP contribution in [0.5, 0.6) is 0 Å². The van der Waals surface area contributed by atoms with Crippen molar-refractivity contribution >= 4 is 17.0 Å². The zero-order valence-electron chi connectivity index (χ0n) is 10.1. The number of H-pyrrole nitrogens is 1. The molecule has 6 nitrogen and oxygen atoms in total. The number of aromatic nitrogens is 5. The topological polar surface area (TPSA) is 70.6 Å². The normalized spacial score (nSPS) is 10.8. The molecule has 0 aliphatic rings. The number of anilines is 1. The summed E-state index contributed by atoms with van der Waals surface area (Å²) in [6.07, 6.45) is 5.03. The molecule has 0 saturated carbocycles. The summed E-state index contributed by atoms with van der Waals surface area (Å²) in [5, 5.41) is 0. The zero-order valence-corrected chi connectivity index (χ0v) is 10.1. The van der Waals surface area contributed by atoms with Crippen molar-refractivity contribution in [2.45, 2.75) is 0 Å². The molecular formula is C12H12N6. The van der Waals surface area contributed by atoms with Crippen LogP contribution >= 0.6 is 0 Å². The lowest BCUT2D eigenvalue weighted by Crippen LogP contribution is -2.11. The molecular weight excluding hydrogens is 228 g/mol. The van der Waals surface area contributed by atoms with E-state index >= 15 is 0 Å². The summed E-state index contributed by atoms with van der Waals surface area (Å²) in [5.74, 6) is 1.55. The first-order valence-corrected chi connectivity index (χ1v) is 5.54. The Morgan fingerprint density at radius 1 is 1.22 bits per heavy atom. The van der Waals surface area contributed by atoms with Gasteiger partial charge in [0.25, 0.3) is 0 Å². The zero-order chi connectivity index (χ0) is 12.5. The number of rotatable bonds is 2. The van der Waals surface area contributed by atoms with Crippen LogP contribution in [0.2, 0.25) is 0 Å². The Balaban J connectivity index is 2.20. The van der Waals surface area contributed by atoms with Crippen LogP contribution in [0.1, 0.15) is 0 Å². The van der Waals surface area contributed by atoms with Gasteiger partial charge in [-0.2, -0.15) is 0 Å². The number of hydrogen-bond donors (Lipinski definition) is 1. The SMILES string of the molecule is CN(C)c1ncnc2[nH]c(-c3cccnc3)nc12.